The van der Waals surface area contributed by atoms with Crippen LogP contribution in [0.1, 0.15) is 15.9 Å². The molecule has 0 heterocycles. The van der Waals surface area contributed by atoms with E-state index in [2.05, 4.69) is 0 Å². The molecule has 0 aromatic heterocycles. The number of nitrogens with two attached hydrogens (primary N) is 1. The molecule has 0 aliphatic heterocycles. The molecule has 0 atom stereocenters. The van der Waals surface area contributed by atoms with E-state index in [9.17, 15) is 4.79 Å². The van der Waals surface area contributed by atoms with Crippen molar-refractivity contribution in [3.63, 3.8) is 0 Å². The first-order valence-corrected chi connectivity index (χ1v) is 3.69. The number of aromatic carboxylic acids is 1. The molecule has 0 aliphatic rings. The predicted octanol–water partition coefficient (Wildman–Crippen LogP) is 1.93. The number of hydrogen-bond donors (Lipinski definition) is 2. The van der Waals surface area contributed by atoms with Gasteiger partial charge < -0.3 is 10.8 Å². The average molecular weight is 186 g/mol. The first kappa shape index (κ1) is 8.87. The number of rotatable bonds is 1. The first-order valence-electron chi connectivity index (χ1n) is 3.32. The molecule has 12 heavy (non-hydrogen) atoms. The van der Waals surface area contributed by atoms with Crippen molar-refractivity contribution in [1.82, 2.24) is 0 Å². The number of halogens is 1. The molecule has 3 N–H and O–H groups in total. The molecule has 64 valence electrons. The summed E-state index contributed by atoms with van der Waals surface area (Å²) in [4.78, 5) is 10.6. The van der Waals surface area contributed by atoms with Crippen LogP contribution in [0.3, 0.4) is 0 Å². The minimum atomic E-state index is -1.10. The fourth-order valence-electron chi connectivity index (χ4n) is 0.914. The van der Waals surface area contributed by atoms with E-state index >= 15 is 0 Å². The maximum atomic E-state index is 10.6. The largest absolute Gasteiger partial charge is 0.478 e. The summed E-state index contributed by atoms with van der Waals surface area (Å²) < 4.78 is 0. The molecule has 0 fully saturated rings. The van der Waals surface area contributed by atoms with E-state index in [4.69, 9.17) is 22.4 Å². The second-order valence-corrected chi connectivity index (χ2v) is 2.87. The van der Waals surface area contributed by atoms with Gasteiger partial charge in [-0.05, 0) is 18.6 Å². The third-order valence-corrected chi connectivity index (χ3v) is 1.94. The van der Waals surface area contributed by atoms with Gasteiger partial charge >= 0.3 is 5.97 Å². The second kappa shape index (κ2) is 3.03. The van der Waals surface area contributed by atoms with Crippen molar-refractivity contribution in [2.75, 3.05) is 5.73 Å². The third kappa shape index (κ3) is 1.36. The summed E-state index contributed by atoms with van der Waals surface area (Å²) in [6.45, 7) is 1.73. The third-order valence-electron chi connectivity index (χ3n) is 1.63. The van der Waals surface area contributed by atoms with Gasteiger partial charge in [-0.2, -0.15) is 0 Å². The van der Waals surface area contributed by atoms with Gasteiger partial charge in [0.05, 0.1) is 10.7 Å². The van der Waals surface area contributed by atoms with Crippen LogP contribution in [-0.4, -0.2) is 11.1 Å². The molecule has 4 heteroatoms. The molecular formula is C8H8ClNO2. The molecule has 0 saturated heterocycles. The highest BCUT2D eigenvalue weighted by atomic mass is 35.5. The van der Waals surface area contributed by atoms with E-state index in [-0.39, 0.29) is 16.3 Å². The number of hydrogen-bond acceptors (Lipinski definition) is 2. The van der Waals surface area contributed by atoms with Crippen LogP contribution in [-0.2, 0) is 0 Å². The van der Waals surface area contributed by atoms with Gasteiger partial charge in [-0.25, -0.2) is 4.79 Å². The van der Waals surface area contributed by atoms with Crippen molar-refractivity contribution in [3.8, 4) is 0 Å². The summed E-state index contributed by atoms with van der Waals surface area (Å²) in [5.74, 6) is -1.10. The zero-order valence-corrected chi connectivity index (χ0v) is 7.22. The lowest BCUT2D eigenvalue weighted by molar-refractivity contribution is 0.0698. The molecule has 3 nitrogen and oxygen atoms in total. The van der Waals surface area contributed by atoms with Gasteiger partial charge in [0.2, 0.25) is 0 Å². The average Bonchev–Trinajstić information content (AvgIpc) is 1.97. The Morgan fingerprint density at radius 2 is 2.17 bits per heavy atom. The maximum absolute atomic E-state index is 10.6. The Kier molecular flexibility index (Phi) is 2.24. The van der Waals surface area contributed by atoms with Crippen LogP contribution in [0.4, 0.5) is 5.69 Å². The van der Waals surface area contributed by atoms with Crippen molar-refractivity contribution >= 4 is 23.3 Å². The number of carboxylic acids is 1. The molecule has 1 aromatic carbocycles. The molecule has 1 rings (SSSR count). The molecule has 0 aliphatic carbocycles. The molecule has 0 unspecified atom stereocenters. The fourth-order valence-corrected chi connectivity index (χ4v) is 1.16. The predicted molar refractivity (Wildman–Crippen MR) is 47.6 cm³/mol. The summed E-state index contributed by atoms with van der Waals surface area (Å²) >= 11 is 5.64. The minimum absolute atomic E-state index is 0.0170. The van der Waals surface area contributed by atoms with Gasteiger partial charge in [-0.15, -0.1) is 0 Å². The van der Waals surface area contributed by atoms with Crippen LogP contribution in [0.15, 0.2) is 12.1 Å². The van der Waals surface area contributed by atoms with E-state index in [1.807, 2.05) is 0 Å². The van der Waals surface area contributed by atoms with Crippen LogP contribution in [0.2, 0.25) is 5.02 Å². The molecular weight excluding hydrogens is 178 g/mol. The van der Waals surface area contributed by atoms with Crippen LogP contribution in [0.25, 0.3) is 0 Å². The molecule has 0 spiro atoms. The van der Waals surface area contributed by atoms with Crippen molar-refractivity contribution < 1.29 is 9.90 Å². The summed E-state index contributed by atoms with van der Waals surface area (Å²) in [5.41, 5.74) is 6.45. The van der Waals surface area contributed by atoms with Crippen LogP contribution >= 0.6 is 11.6 Å². The number of carboxylic acid groups (broad SMARTS) is 1. The van der Waals surface area contributed by atoms with Crippen molar-refractivity contribution in [1.29, 1.82) is 0 Å². The van der Waals surface area contributed by atoms with Crippen LogP contribution in [0.5, 0.6) is 0 Å². The van der Waals surface area contributed by atoms with Crippen LogP contribution < -0.4 is 5.73 Å². The first-order chi connectivity index (χ1) is 5.54. The highest BCUT2D eigenvalue weighted by molar-refractivity contribution is 6.34. The molecule has 0 amide bonds. The quantitative estimate of drug-likeness (QED) is 0.658. The summed E-state index contributed by atoms with van der Waals surface area (Å²) in [6.07, 6.45) is 0. The number of anilines is 1. The van der Waals surface area contributed by atoms with Crippen molar-refractivity contribution in [2.24, 2.45) is 0 Å². The smallest absolute Gasteiger partial charge is 0.339 e. The standard InChI is InChI=1S/C8H8ClNO2/c1-4-2-3-5(9)6(7(4)10)8(11)12/h2-3H,10H2,1H3,(H,11,12). The fraction of sp³-hybridized carbons (Fsp3) is 0.125. The Hall–Kier alpha value is -1.22. The lowest BCUT2D eigenvalue weighted by Gasteiger charge is -2.05. The molecule has 0 saturated carbocycles. The molecule has 0 radical (unpaired) electrons. The topological polar surface area (TPSA) is 63.3 Å². The monoisotopic (exact) mass is 185 g/mol. The highest BCUT2D eigenvalue weighted by Gasteiger charge is 2.13. The SMILES string of the molecule is Cc1ccc(Cl)c(C(=O)O)c1N. The Morgan fingerprint density at radius 1 is 1.58 bits per heavy atom. The van der Waals surface area contributed by atoms with Gasteiger partial charge in [0.15, 0.2) is 0 Å². The number of carbonyl (C=O) groups is 1. The van der Waals surface area contributed by atoms with E-state index in [0.29, 0.717) is 0 Å². The Labute approximate surface area is 74.8 Å². The number of aryl methyl sites for hydroxylation is 1. The Bertz CT molecular complexity index is 336. The van der Waals surface area contributed by atoms with Gasteiger partial charge in [-0.3, -0.25) is 0 Å². The maximum Gasteiger partial charge on any atom is 0.339 e. The number of nitrogen functional groups attached to an aromatic ring is 1. The van der Waals surface area contributed by atoms with Gasteiger partial charge in [0.1, 0.15) is 5.56 Å². The molecule has 0 bridgehead atoms. The number of benzene rings is 1. The summed E-state index contributed by atoms with van der Waals surface area (Å²) in [6, 6.07) is 3.21. The lowest BCUT2D eigenvalue weighted by Crippen LogP contribution is -2.04. The van der Waals surface area contributed by atoms with Gasteiger partial charge in [0.25, 0.3) is 0 Å². The van der Waals surface area contributed by atoms with E-state index in [0.717, 1.165) is 5.56 Å². The Balaban J connectivity index is 3.43. The Morgan fingerprint density at radius 3 is 2.58 bits per heavy atom. The van der Waals surface area contributed by atoms with Gasteiger partial charge in [0, 0.05) is 0 Å². The van der Waals surface area contributed by atoms with Crippen molar-refractivity contribution in [2.45, 2.75) is 6.92 Å². The lowest BCUT2D eigenvalue weighted by atomic mass is 10.1. The second-order valence-electron chi connectivity index (χ2n) is 2.46. The van der Waals surface area contributed by atoms with E-state index < -0.39 is 5.97 Å². The van der Waals surface area contributed by atoms with E-state index in [1.54, 1.807) is 13.0 Å². The molecule has 1 aromatic rings. The summed E-state index contributed by atoms with van der Waals surface area (Å²) in [7, 11) is 0. The highest BCUT2D eigenvalue weighted by Crippen LogP contribution is 2.24. The van der Waals surface area contributed by atoms with Crippen LogP contribution in [0, 0.1) is 6.92 Å². The summed E-state index contributed by atoms with van der Waals surface area (Å²) in [5, 5.41) is 8.88. The zero-order chi connectivity index (χ0) is 9.30. The zero-order valence-electron chi connectivity index (χ0n) is 6.47. The van der Waals surface area contributed by atoms with Gasteiger partial charge in [-0.1, -0.05) is 17.7 Å². The normalized spacial score (nSPS) is 9.83. The van der Waals surface area contributed by atoms with Crippen molar-refractivity contribution in [3.05, 3.63) is 28.3 Å². The van der Waals surface area contributed by atoms with E-state index in [1.165, 1.54) is 6.07 Å². The minimum Gasteiger partial charge on any atom is -0.478 e.